The SMILES string of the molecule is Cc1nn(C)c(CCC(=O)CCCBr)c1Cl. The predicted octanol–water partition coefficient (Wildman–Crippen LogP) is 3.06. The molecule has 0 amide bonds. The Balaban J connectivity index is 2.51. The fraction of sp³-hybridized carbons (Fsp3) is 0.636. The molecule has 1 aromatic rings. The number of carbonyl (C=O) groups excluding carboxylic acids is 1. The van der Waals surface area contributed by atoms with E-state index in [0.717, 1.165) is 23.1 Å². The number of halogens is 2. The predicted molar refractivity (Wildman–Crippen MR) is 69.3 cm³/mol. The van der Waals surface area contributed by atoms with Gasteiger partial charge in [-0.05, 0) is 19.8 Å². The summed E-state index contributed by atoms with van der Waals surface area (Å²) < 4.78 is 1.76. The first kappa shape index (κ1) is 13.7. The molecule has 0 aliphatic carbocycles. The molecule has 0 radical (unpaired) electrons. The van der Waals surface area contributed by atoms with Gasteiger partial charge in [-0.25, -0.2) is 0 Å². The number of aryl methyl sites for hydroxylation is 2. The van der Waals surface area contributed by atoms with Gasteiger partial charge < -0.3 is 0 Å². The number of carbonyl (C=O) groups is 1. The third kappa shape index (κ3) is 3.59. The lowest BCUT2D eigenvalue weighted by Gasteiger charge is -2.02. The standard InChI is InChI=1S/C11H16BrClN2O/c1-8-11(13)10(15(2)14-8)6-5-9(16)4-3-7-12/h3-7H2,1-2H3. The van der Waals surface area contributed by atoms with Crippen molar-refractivity contribution in [2.45, 2.75) is 32.6 Å². The highest BCUT2D eigenvalue weighted by Gasteiger charge is 2.12. The third-order valence-electron chi connectivity index (χ3n) is 2.49. The Bertz CT molecular complexity index is 376. The summed E-state index contributed by atoms with van der Waals surface area (Å²) in [6, 6.07) is 0. The van der Waals surface area contributed by atoms with Gasteiger partial charge in [0.25, 0.3) is 0 Å². The molecule has 1 heterocycles. The molecule has 16 heavy (non-hydrogen) atoms. The van der Waals surface area contributed by atoms with Crippen LogP contribution in [0.25, 0.3) is 0 Å². The third-order valence-corrected chi connectivity index (χ3v) is 3.54. The molecule has 0 saturated carbocycles. The second-order valence-electron chi connectivity index (χ2n) is 3.80. The van der Waals surface area contributed by atoms with Crippen molar-refractivity contribution in [3.8, 4) is 0 Å². The van der Waals surface area contributed by atoms with Gasteiger partial charge in [-0.1, -0.05) is 27.5 Å². The molecule has 3 nitrogen and oxygen atoms in total. The second-order valence-corrected chi connectivity index (χ2v) is 4.97. The number of Topliss-reactive ketones (excluding diaryl/α,β-unsaturated/α-hetero) is 1. The number of ketones is 1. The first-order valence-electron chi connectivity index (χ1n) is 5.32. The van der Waals surface area contributed by atoms with E-state index in [1.165, 1.54) is 0 Å². The number of aromatic nitrogens is 2. The molecular weight excluding hydrogens is 291 g/mol. The van der Waals surface area contributed by atoms with Crippen LogP contribution < -0.4 is 0 Å². The van der Waals surface area contributed by atoms with Gasteiger partial charge in [0.1, 0.15) is 5.78 Å². The zero-order valence-corrected chi connectivity index (χ0v) is 11.9. The Morgan fingerprint density at radius 1 is 1.50 bits per heavy atom. The quantitative estimate of drug-likeness (QED) is 0.757. The van der Waals surface area contributed by atoms with E-state index in [2.05, 4.69) is 21.0 Å². The Morgan fingerprint density at radius 3 is 2.69 bits per heavy atom. The Labute approximate surface area is 109 Å². The van der Waals surface area contributed by atoms with E-state index in [4.69, 9.17) is 11.6 Å². The van der Waals surface area contributed by atoms with Gasteiger partial charge in [0.2, 0.25) is 0 Å². The molecule has 0 saturated heterocycles. The molecule has 0 unspecified atom stereocenters. The van der Waals surface area contributed by atoms with Crippen LogP contribution in [0, 0.1) is 6.92 Å². The molecule has 0 fully saturated rings. The fourth-order valence-electron chi connectivity index (χ4n) is 1.60. The molecule has 0 atom stereocenters. The molecular formula is C11H16BrClN2O. The maximum atomic E-state index is 11.5. The van der Waals surface area contributed by atoms with Gasteiger partial charge in [0.15, 0.2) is 0 Å². The summed E-state index contributed by atoms with van der Waals surface area (Å²) in [5.74, 6) is 0.286. The van der Waals surface area contributed by atoms with E-state index < -0.39 is 0 Å². The molecule has 90 valence electrons. The van der Waals surface area contributed by atoms with E-state index in [1.807, 2.05) is 14.0 Å². The van der Waals surface area contributed by atoms with Crippen molar-refractivity contribution in [3.63, 3.8) is 0 Å². The van der Waals surface area contributed by atoms with Gasteiger partial charge in [-0.3, -0.25) is 9.48 Å². The zero-order chi connectivity index (χ0) is 12.1. The van der Waals surface area contributed by atoms with Crippen molar-refractivity contribution in [1.82, 2.24) is 9.78 Å². The van der Waals surface area contributed by atoms with E-state index in [9.17, 15) is 4.79 Å². The molecule has 0 aliphatic rings. The normalized spacial score (nSPS) is 10.8. The highest BCUT2D eigenvalue weighted by molar-refractivity contribution is 9.09. The van der Waals surface area contributed by atoms with E-state index in [-0.39, 0.29) is 5.78 Å². The number of alkyl halides is 1. The zero-order valence-electron chi connectivity index (χ0n) is 9.59. The van der Waals surface area contributed by atoms with Crippen LogP contribution in [0.4, 0.5) is 0 Å². The van der Waals surface area contributed by atoms with Crippen LogP contribution in [0.3, 0.4) is 0 Å². The first-order valence-corrected chi connectivity index (χ1v) is 6.81. The van der Waals surface area contributed by atoms with Crippen molar-refractivity contribution >= 4 is 33.3 Å². The molecule has 5 heteroatoms. The van der Waals surface area contributed by atoms with Crippen LogP contribution in [-0.4, -0.2) is 20.9 Å². The summed E-state index contributed by atoms with van der Waals surface area (Å²) in [6.45, 7) is 1.87. The minimum absolute atomic E-state index is 0.286. The minimum atomic E-state index is 0.286. The highest BCUT2D eigenvalue weighted by Crippen LogP contribution is 2.20. The van der Waals surface area contributed by atoms with Crippen LogP contribution in [0.5, 0.6) is 0 Å². The van der Waals surface area contributed by atoms with E-state index >= 15 is 0 Å². The largest absolute Gasteiger partial charge is 0.300 e. The number of hydrogen-bond acceptors (Lipinski definition) is 2. The fourth-order valence-corrected chi connectivity index (χ4v) is 2.13. The summed E-state index contributed by atoms with van der Waals surface area (Å²) in [6.07, 6.45) is 2.76. The van der Waals surface area contributed by atoms with Crippen molar-refractivity contribution in [2.24, 2.45) is 7.05 Å². The maximum Gasteiger partial charge on any atom is 0.133 e. The molecule has 1 rings (SSSR count). The summed E-state index contributed by atoms with van der Waals surface area (Å²) in [4.78, 5) is 11.5. The lowest BCUT2D eigenvalue weighted by atomic mass is 10.1. The van der Waals surface area contributed by atoms with Crippen LogP contribution in [0.15, 0.2) is 0 Å². The summed E-state index contributed by atoms with van der Waals surface area (Å²) in [5, 5.41) is 5.79. The van der Waals surface area contributed by atoms with Crippen molar-refractivity contribution < 1.29 is 4.79 Å². The van der Waals surface area contributed by atoms with Gasteiger partial charge >= 0.3 is 0 Å². The molecule has 0 spiro atoms. The lowest BCUT2D eigenvalue weighted by molar-refractivity contribution is -0.119. The van der Waals surface area contributed by atoms with Crippen molar-refractivity contribution in [1.29, 1.82) is 0 Å². The maximum absolute atomic E-state index is 11.5. The Morgan fingerprint density at radius 2 is 2.19 bits per heavy atom. The first-order chi connectivity index (χ1) is 7.56. The van der Waals surface area contributed by atoms with Crippen molar-refractivity contribution in [2.75, 3.05) is 5.33 Å². The second kappa shape index (κ2) is 6.40. The summed E-state index contributed by atoms with van der Waals surface area (Å²) in [7, 11) is 1.86. The topological polar surface area (TPSA) is 34.9 Å². The van der Waals surface area contributed by atoms with Gasteiger partial charge in [0.05, 0.1) is 16.4 Å². The van der Waals surface area contributed by atoms with Crippen LogP contribution >= 0.6 is 27.5 Å². The number of rotatable bonds is 6. The summed E-state index contributed by atoms with van der Waals surface area (Å²) >= 11 is 9.41. The molecule has 1 aromatic heterocycles. The Hall–Kier alpha value is -0.350. The lowest BCUT2D eigenvalue weighted by Crippen LogP contribution is -2.04. The van der Waals surface area contributed by atoms with E-state index in [1.54, 1.807) is 4.68 Å². The molecule has 0 aromatic carbocycles. The minimum Gasteiger partial charge on any atom is -0.300 e. The van der Waals surface area contributed by atoms with Crippen molar-refractivity contribution in [3.05, 3.63) is 16.4 Å². The van der Waals surface area contributed by atoms with Crippen LogP contribution in [0.1, 0.15) is 30.7 Å². The average molecular weight is 308 g/mol. The summed E-state index contributed by atoms with van der Waals surface area (Å²) in [5.41, 5.74) is 1.78. The molecule has 0 bridgehead atoms. The smallest absolute Gasteiger partial charge is 0.133 e. The monoisotopic (exact) mass is 306 g/mol. The Kier molecular flexibility index (Phi) is 5.49. The highest BCUT2D eigenvalue weighted by atomic mass is 79.9. The number of hydrogen-bond donors (Lipinski definition) is 0. The molecule has 0 aliphatic heterocycles. The van der Waals surface area contributed by atoms with E-state index in [0.29, 0.717) is 24.3 Å². The van der Waals surface area contributed by atoms with Gasteiger partial charge in [-0.2, -0.15) is 5.10 Å². The van der Waals surface area contributed by atoms with Crippen LogP contribution in [-0.2, 0) is 18.3 Å². The van der Waals surface area contributed by atoms with Gasteiger partial charge in [-0.15, -0.1) is 0 Å². The number of nitrogens with zero attached hydrogens (tertiary/aromatic N) is 2. The average Bonchev–Trinajstić information content (AvgIpc) is 2.48. The molecule has 0 N–H and O–H groups in total. The van der Waals surface area contributed by atoms with Crippen LogP contribution in [0.2, 0.25) is 5.02 Å². The van der Waals surface area contributed by atoms with Gasteiger partial charge in [0, 0.05) is 25.2 Å².